The van der Waals surface area contributed by atoms with Gasteiger partial charge in [-0.1, -0.05) is 74.5 Å². The summed E-state index contributed by atoms with van der Waals surface area (Å²) in [5, 5.41) is 12.0. The minimum atomic E-state index is -1.21. The van der Waals surface area contributed by atoms with Crippen LogP contribution in [0.3, 0.4) is 0 Å². The average molecular weight is 742 g/mol. The molecule has 55 heavy (non-hydrogen) atoms. The van der Waals surface area contributed by atoms with Crippen molar-refractivity contribution in [2.24, 2.45) is 5.92 Å². The van der Waals surface area contributed by atoms with Crippen LogP contribution in [0.15, 0.2) is 101 Å². The van der Waals surface area contributed by atoms with E-state index in [0.29, 0.717) is 28.2 Å². The number of para-hydroxylation sites is 1. The summed E-state index contributed by atoms with van der Waals surface area (Å²) in [5.74, 6) is -0.294. The van der Waals surface area contributed by atoms with Gasteiger partial charge in [0, 0.05) is 23.2 Å². The highest BCUT2D eigenvalue weighted by Crippen LogP contribution is 2.58. The lowest BCUT2D eigenvalue weighted by atomic mass is 9.72. The van der Waals surface area contributed by atoms with Gasteiger partial charge in [0.05, 0.1) is 13.7 Å². The lowest BCUT2D eigenvalue weighted by Gasteiger charge is -2.28. The highest BCUT2D eigenvalue weighted by Gasteiger charge is 2.61. The number of anilines is 1. The molecule has 4 atom stereocenters. The van der Waals surface area contributed by atoms with Crippen molar-refractivity contribution in [2.45, 2.75) is 50.6 Å². The fourth-order valence-electron chi connectivity index (χ4n) is 7.49. The van der Waals surface area contributed by atoms with Crippen LogP contribution in [0.25, 0.3) is 0 Å². The van der Waals surface area contributed by atoms with Crippen LogP contribution in [-0.4, -0.2) is 54.6 Å². The number of aromatic nitrogens is 1. The van der Waals surface area contributed by atoms with E-state index in [0.717, 1.165) is 16.8 Å². The molecule has 4 bridgehead atoms. The Balaban J connectivity index is 1.20. The van der Waals surface area contributed by atoms with Crippen molar-refractivity contribution >= 4 is 29.4 Å². The summed E-state index contributed by atoms with van der Waals surface area (Å²) in [6.45, 7) is 3.49. The molecule has 4 heterocycles. The molecule has 0 saturated heterocycles. The van der Waals surface area contributed by atoms with Crippen molar-refractivity contribution < 1.29 is 37.8 Å². The molecule has 1 aromatic heterocycles. The smallest absolute Gasteiger partial charge is 0.408 e. The van der Waals surface area contributed by atoms with E-state index in [-0.39, 0.29) is 48.6 Å². The number of nitrogens with zero attached hydrogens (tertiary/aromatic N) is 1. The van der Waals surface area contributed by atoms with Crippen LogP contribution in [0.2, 0.25) is 0 Å². The number of hydrogen-bond acceptors (Lipinski definition) is 10. The quantitative estimate of drug-likeness (QED) is 0.143. The van der Waals surface area contributed by atoms with E-state index in [1.165, 1.54) is 7.11 Å². The molecule has 3 amide bonds. The third kappa shape index (κ3) is 6.41. The topological polar surface area (TPSA) is 170 Å². The average Bonchev–Trinajstić information content (AvgIpc) is 3.87. The maximum Gasteiger partial charge on any atom is 0.408 e. The van der Waals surface area contributed by atoms with Crippen LogP contribution >= 0.6 is 0 Å². The number of ketones is 1. The molecule has 1 spiro atoms. The zero-order valence-electron chi connectivity index (χ0n) is 30.4. The number of oxazole rings is 1. The number of amides is 3. The molecule has 0 aliphatic carbocycles. The first-order valence-corrected chi connectivity index (χ1v) is 18.1. The highest BCUT2D eigenvalue weighted by molar-refractivity contribution is 6.02. The second-order valence-electron chi connectivity index (χ2n) is 14.1. The van der Waals surface area contributed by atoms with Crippen LogP contribution in [0.4, 0.5) is 10.5 Å². The van der Waals surface area contributed by atoms with E-state index >= 15 is 0 Å². The molecule has 4 aromatic carbocycles. The third-order valence-corrected chi connectivity index (χ3v) is 10.3. The Kier molecular flexibility index (Phi) is 9.21. The van der Waals surface area contributed by atoms with E-state index in [9.17, 15) is 19.2 Å². The van der Waals surface area contributed by atoms with E-state index in [2.05, 4.69) is 21.3 Å². The van der Waals surface area contributed by atoms with Crippen LogP contribution < -0.4 is 30.7 Å². The lowest BCUT2D eigenvalue weighted by molar-refractivity contribution is -0.124. The maximum absolute atomic E-state index is 14.3. The van der Waals surface area contributed by atoms with Gasteiger partial charge in [-0.05, 0) is 59.0 Å². The number of carbonyl (C=O) groups excluding carboxylic acids is 4. The maximum atomic E-state index is 14.3. The van der Waals surface area contributed by atoms with Gasteiger partial charge in [0.1, 0.15) is 35.6 Å². The molecule has 13 nitrogen and oxygen atoms in total. The minimum Gasteiger partial charge on any atom is -0.497 e. The van der Waals surface area contributed by atoms with Crippen molar-refractivity contribution in [3.63, 3.8) is 0 Å². The highest BCUT2D eigenvalue weighted by atomic mass is 16.5. The number of nitrogens with one attached hydrogen (secondary N) is 4. The van der Waals surface area contributed by atoms with E-state index < -0.39 is 41.6 Å². The van der Waals surface area contributed by atoms with E-state index in [1.54, 1.807) is 24.3 Å². The number of Topliss-reactive ketones (excluding diaryl/α,β-unsaturated/α-hetero) is 1. The molecule has 3 aliphatic rings. The predicted molar refractivity (Wildman–Crippen MR) is 200 cm³/mol. The summed E-state index contributed by atoms with van der Waals surface area (Å²) >= 11 is 0. The number of ether oxygens (including phenoxy) is 3. The Morgan fingerprint density at radius 2 is 1.71 bits per heavy atom. The zero-order chi connectivity index (χ0) is 38.3. The normalized spacial score (nSPS) is 20.4. The number of fused-ring (bicyclic) bond motifs is 4. The van der Waals surface area contributed by atoms with E-state index in [1.807, 2.05) is 86.6 Å². The van der Waals surface area contributed by atoms with Gasteiger partial charge in [-0.2, -0.15) is 0 Å². The number of hydrogen-bond donors (Lipinski definition) is 4. The standard InChI is InChI=1S/C42H39N5O8/c1-23(2)34-39-47-35(38(50)43-21-32(48)26-14-16-27(52-3)17-15-26)36(55-39)42-28-11-7-8-12-30(28)44-40(42)54-33-18-13-25(19-29(33)42)20-31(37(49)46-34)45-41(51)53-22-24-9-5-4-6-10-24/h4-19,23,31,34,40,44H,20-22H2,1-3H3,(H,43,50)(H,45,51)(H,46,49)/t31-,34-,40?,42?/m0/s1. The molecule has 3 aliphatic heterocycles. The summed E-state index contributed by atoms with van der Waals surface area (Å²) in [6, 6.07) is 27.2. The Bertz CT molecular complexity index is 2290. The van der Waals surface area contributed by atoms with Gasteiger partial charge in [0.2, 0.25) is 11.8 Å². The Morgan fingerprint density at radius 3 is 2.47 bits per heavy atom. The van der Waals surface area contributed by atoms with Gasteiger partial charge in [-0.25, -0.2) is 9.78 Å². The molecule has 5 aromatic rings. The van der Waals surface area contributed by atoms with Crippen LogP contribution in [0, 0.1) is 5.92 Å². The number of methoxy groups -OCH3 is 1. The number of carbonyl (C=O) groups is 4. The van der Waals surface area contributed by atoms with Crippen molar-refractivity contribution in [2.75, 3.05) is 19.0 Å². The molecule has 0 saturated carbocycles. The first-order valence-electron chi connectivity index (χ1n) is 18.1. The van der Waals surface area contributed by atoms with Crippen LogP contribution in [0.1, 0.15) is 74.6 Å². The van der Waals surface area contributed by atoms with Crippen LogP contribution in [-0.2, 0) is 28.0 Å². The first-order chi connectivity index (χ1) is 26.6. The molecule has 13 heteroatoms. The van der Waals surface area contributed by atoms with Gasteiger partial charge in [-0.3, -0.25) is 14.4 Å². The third-order valence-electron chi connectivity index (χ3n) is 10.3. The summed E-state index contributed by atoms with van der Waals surface area (Å²) < 4.78 is 24.0. The first kappa shape index (κ1) is 35.4. The van der Waals surface area contributed by atoms with Crippen molar-refractivity contribution in [1.82, 2.24) is 20.9 Å². The Labute approximate surface area is 316 Å². The molecule has 2 unspecified atom stereocenters. The van der Waals surface area contributed by atoms with Crippen molar-refractivity contribution in [3.8, 4) is 11.5 Å². The second-order valence-corrected chi connectivity index (χ2v) is 14.1. The molecule has 0 fully saturated rings. The molecule has 4 N–H and O–H groups in total. The second kappa shape index (κ2) is 14.3. The van der Waals surface area contributed by atoms with Crippen molar-refractivity contribution in [3.05, 3.63) is 142 Å². The molecule has 280 valence electrons. The monoisotopic (exact) mass is 741 g/mol. The van der Waals surface area contributed by atoms with Crippen LogP contribution in [0.5, 0.6) is 11.5 Å². The molecule has 8 rings (SSSR count). The fourth-order valence-corrected chi connectivity index (χ4v) is 7.49. The Morgan fingerprint density at radius 1 is 0.945 bits per heavy atom. The van der Waals surface area contributed by atoms with Gasteiger partial charge in [-0.15, -0.1) is 0 Å². The zero-order valence-corrected chi connectivity index (χ0v) is 30.4. The van der Waals surface area contributed by atoms with Gasteiger partial charge >= 0.3 is 6.09 Å². The largest absolute Gasteiger partial charge is 0.497 e. The Hall–Kier alpha value is -6.63. The molecular weight excluding hydrogens is 702 g/mol. The lowest BCUT2D eigenvalue weighted by Crippen LogP contribution is -2.49. The summed E-state index contributed by atoms with van der Waals surface area (Å²) in [4.78, 5) is 59.6. The van der Waals surface area contributed by atoms with Gasteiger partial charge in [0.25, 0.3) is 5.91 Å². The summed E-state index contributed by atoms with van der Waals surface area (Å²) in [6.07, 6.45) is -1.37. The fraction of sp³-hybridized carbons (Fsp3) is 0.262. The SMILES string of the molecule is COc1ccc(C(=O)CNC(=O)c2nc3oc2C24c5ccccc5NC2Oc2ccc(cc24)C[C@H](NC(=O)OCc2ccccc2)C(=O)N[C@H]3C(C)C)cc1. The van der Waals surface area contributed by atoms with Gasteiger partial charge in [0.15, 0.2) is 23.5 Å². The number of alkyl carbamates (subject to hydrolysis) is 1. The van der Waals surface area contributed by atoms with E-state index in [4.69, 9.17) is 23.6 Å². The minimum absolute atomic E-state index is 0.0256. The van der Waals surface area contributed by atoms with Crippen molar-refractivity contribution in [1.29, 1.82) is 0 Å². The summed E-state index contributed by atoms with van der Waals surface area (Å²) in [7, 11) is 1.54. The number of rotatable bonds is 9. The molecule has 0 radical (unpaired) electrons. The summed E-state index contributed by atoms with van der Waals surface area (Å²) in [5.41, 5.74) is 2.91. The number of benzene rings is 4. The predicted octanol–water partition coefficient (Wildman–Crippen LogP) is 5.44. The van der Waals surface area contributed by atoms with Gasteiger partial charge < -0.3 is 39.9 Å². The molecular formula is C42H39N5O8.